The van der Waals surface area contributed by atoms with Gasteiger partial charge in [0.1, 0.15) is 18.3 Å². The number of amides is 2. The van der Waals surface area contributed by atoms with E-state index in [2.05, 4.69) is 5.32 Å². The van der Waals surface area contributed by atoms with E-state index in [-0.39, 0.29) is 22.3 Å². The van der Waals surface area contributed by atoms with Crippen LogP contribution in [-0.4, -0.2) is 58.1 Å². The molecule has 0 saturated carbocycles. The molecular weight excluding hydrogens is 477 g/mol. The SMILES string of the molecule is CNC(=O)[C@H](C)N(Cc1ccc(OC)cc1)C(=O)CN(c1cc(Cl)ccc1Cl)S(C)(=O)=O. The number of rotatable bonds is 9. The van der Waals surface area contributed by atoms with Crippen LogP contribution in [0.5, 0.6) is 5.75 Å². The first-order valence-electron chi connectivity index (χ1n) is 9.54. The molecule has 174 valence electrons. The molecule has 1 atom stereocenters. The summed E-state index contributed by atoms with van der Waals surface area (Å²) in [6, 6.07) is 10.5. The van der Waals surface area contributed by atoms with E-state index in [1.165, 1.54) is 30.1 Å². The minimum Gasteiger partial charge on any atom is -0.497 e. The van der Waals surface area contributed by atoms with Crippen molar-refractivity contribution in [2.45, 2.75) is 19.5 Å². The van der Waals surface area contributed by atoms with Crippen molar-refractivity contribution in [3.8, 4) is 5.75 Å². The molecule has 2 amide bonds. The minimum absolute atomic E-state index is 0.0759. The topological polar surface area (TPSA) is 96.0 Å². The van der Waals surface area contributed by atoms with Gasteiger partial charge >= 0.3 is 0 Å². The van der Waals surface area contributed by atoms with Crippen molar-refractivity contribution >= 4 is 50.7 Å². The Hall–Kier alpha value is -2.49. The number of sulfonamides is 1. The molecule has 0 saturated heterocycles. The smallest absolute Gasteiger partial charge is 0.244 e. The van der Waals surface area contributed by atoms with Gasteiger partial charge in [-0.1, -0.05) is 35.3 Å². The third-order valence-corrected chi connectivity index (χ3v) is 6.46. The first-order valence-corrected chi connectivity index (χ1v) is 12.1. The van der Waals surface area contributed by atoms with Crippen molar-refractivity contribution in [3.63, 3.8) is 0 Å². The van der Waals surface area contributed by atoms with E-state index in [0.717, 1.165) is 16.1 Å². The first kappa shape index (κ1) is 25.8. The highest BCUT2D eigenvalue weighted by Crippen LogP contribution is 2.31. The summed E-state index contributed by atoms with van der Waals surface area (Å²) in [7, 11) is -0.891. The third-order valence-electron chi connectivity index (χ3n) is 4.78. The number of anilines is 1. The lowest BCUT2D eigenvalue weighted by Gasteiger charge is -2.31. The van der Waals surface area contributed by atoms with Crippen molar-refractivity contribution < 1.29 is 22.7 Å². The molecule has 0 aromatic heterocycles. The van der Waals surface area contributed by atoms with Crippen LogP contribution >= 0.6 is 23.2 Å². The maximum atomic E-state index is 13.3. The summed E-state index contributed by atoms with van der Waals surface area (Å²) in [6.45, 7) is 1.09. The zero-order chi connectivity index (χ0) is 24.1. The number of nitrogens with zero attached hydrogens (tertiary/aromatic N) is 2. The first-order chi connectivity index (χ1) is 15.0. The van der Waals surface area contributed by atoms with Crippen LogP contribution in [-0.2, 0) is 26.2 Å². The molecule has 1 N–H and O–H groups in total. The van der Waals surface area contributed by atoms with Crippen LogP contribution in [0.4, 0.5) is 5.69 Å². The van der Waals surface area contributed by atoms with Gasteiger partial charge in [0, 0.05) is 18.6 Å². The monoisotopic (exact) mass is 501 g/mol. The highest BCUT2D eigenvalue weighted by Gasteiger charge is 2.30. The van der Waals surface area contributed by atoms with Gasteiger partial charge in [-0.25, -0.2) is 8.42 Å². The number of ether oxygens (including phenoxy) is 1. The summed E-state index contributed by atoms with van der Waals surface area (Å²) in [5, 5.41) is 2.90. The molecule has 0 spiro atoms. The van der Waals surface area contributed by atoms with Gasteiger partial charge < -0.3 is 15.0 Å². The summed E-state index contributed by atoms with van der Waals surface area (Å²) in [6.07, 6.45) is 0.966. The highest BCUT2D eigenvalue weighted by molar-refractivity contribution is 7.92. The van der Waals surface area contributed by atoms with Crippen molar-refractivity contribution in [1.82, 2.24) is 10.2 Å². The average molecular weight is 502 g/mol. The molecule has 0 aliphatic carbocycles. The van der Waals surface area contributed by atoms with E-state index >= 15 is 0 Å². The standard InChI is InChI=1S/C21H25Cl2N3O5S/c1-14(21(28)24-2)25(12-15-5-8-17(31-3)9-6-15)20(27)13-26(32(4,29)30)19-11-16(22)7-10-18(19)23/h5-11,14H,12-13H2,1-4H3,(H,24,28)/t14-/m0/s1. The second-order valence-electron chi connectivity index (χ2n) is 7.03. The summed E-state index contributed by atoms with van der Waals surface area (Å²) in [4.78, 5) is 26.9. The Morgan fingerprint density at radius 1 is 1.12 bits per heavy atom. The third kappa shape index (κ3) is 6.51. The molecule has 2 rings (SSSR count). The Kier molecular flexibility index (Phi) is 8.77. The van der Waals surface area contributed by atoms with Gasteiger partial charge in [0.05, 0.1) is 24.1 Å². The van der Waals surface area contributed by atoms with Crippen molar-refractivity contribution in [2.24, 2.45) is 0 Å². The quantitative estimate of drug-likeness (QED) is 0.569. The largest absolute Gasteiger partial charge is 0.497 e. The molecule has 8 nitrogen and oxygen atoms in total. The van der Waals surface area contributed by atoms with Crippen molar-refractivity contribution in [2.75, 3.05) is 31.3 Å². The van der Waals surface area contributed by atoms with Gasteiger partial charge in [-0.2, -0.15) is 0 Å². The molecule has 0 radical (unpaired) electrons. The maximum Gasteiger partial charge on any atom is 0.244 e. The predicted octanol–water partition coefficient (Wildman–Crippen LogP) is 2.93. The molecular formula is C21H25Cl2N3O5S. The summed E-state index contributed by atoms with van der Waals surface area (Å²) in [5.41, 5.74) is 0.814. The van der Waals surface area contributed by atoms with E-state index in [1.807, 2.05) is 0 Å². The molecule has 32 heavy (non-hydrogen) atoms. The van der Waals surface area contributed by atoms with Crippen molar-refractivity contribution in [1.29, 1.82) is 0 Å². The molecule has 0 bridgehead atoms. The van der Waals surface area contributed by atoms with Crippen LogP contribution in [0, 0.1) is 0 Å². The molecule has 2 aromatic rings. The second kappa shape index (κ2) is 10.9. The number of hydrogen-bond donors (Lipinski definition) is 1. The average Bonchev–Trinajstić information content (AvgIpc) is 2.76. The molecule has 0 fully saturated rings. The Balaban J connectivity index is 2.41. The molecule has 2 aromatic carbocycles. The fraction of sp³-hybridized carbons (Fsp3) is 0.333. The molecule has 0 unspecified atom stereocenters. The maximum absolute atomic E-state index is 13.3. The van der Waals surface area contributed by atoms with Crippen LogP contribution in [0.1, 0.15) is 12.5 Å². The number of methoxy groups -OCH3 is 1. The van der Waals surface area contributed by atoms with E-state index in [0.29, 0.717) is 5.75 Å². The van der Waals surface area contributed by atoms with Gasteiger partial charge in [-0.15, -0.1) is 0 Å². The minimum atomic E-state index is -3.89. The van der Waals surface area contributed by atoms with Gasteiger partial charge in [0.2, 0.25) is 21.8 Å². The van der Waals surface area contributed by atoms with Crippen LogP contribution in [0.25, 0.3) is 0 Å². The van der Waals surface area contributed by atoms with Gasteiger partial charge in [0.15, 0.2) is 0 Å². The number of carbonyl (C=O) groups is 2. The molecule has 11 heteroatoms. The van der Waals surface area contributed by atoms with Gasteiger partial charge in [-0.05, 0) is 42.8 Å². The van der Waals surface area contributed by atoms with Crippen molar-refractivity contribution in [3.05, 3.63) is 58.1 Å². The lowest BCUT2D eigenvalue weighted by Crippen LogP contribution is -2.50. The Labute approximate surface area is 198 Å². The fourth-order valence-electron chi connectivity index (χ4n) is 2.99. The Bertz CT molecular complexity index is 1080. The van der Waals surface area contributed by atoms with Crippen LogP contribution < -0.4 is 14.4 Å². The predicted molar refractivity (Wildman–Crippen MR) is 126 cm³/mol. The number of benzene rings is 2. The lowest BCUT2D eigenvalue weighted by atomic mass is 10.1. The number of hydrogen-bond acceptors (Lipinski definition) is 5. The summed E-state index contributed by atoms with van der Waals surface area (Å²) >= 11 is 12.2. The van der Waals surface area contributed by atoms with E-state index < -0.39 is 34.4 Å². The Morgan fingerprint density at radius 3 is 2.28 bits per heavy atom. The molecule has 0 aliphatic heterocycles. The van der Waals surface area contributed by atoms with Gasteiger partial charge in [-0.3, -0.25) is 13.9 Å². The number of nitrogens with one attached hydrogen (secondary N) is 1. The number of halogens is 2. The fourth-order valence-corrected chi connectivity index (χ4v) is 4.28. The summed E-state index contributed by atoms with van der Waals surface area (Å²) < 4.78 is 31.0. The van der Waals surface area contributed by atoms with E-state index in [9.17, 15) is 18.0 Å². The van der Waals surface area contributed by atoms with Crippen LogP contribution in [0.3, 0.4) is 0 Å². The van der Waals surface area contributed by atoms with Crippen LogP contribution in [0.2, 0.25) is 10.0 Å². The second-order valence-corrected chi connectivity index (χ2v) is 9.78. The lowest BCUT2D eigenvalue weighted by molar-refractivity contribution is -0.139. The highest BCUT2D eigenvalue weighted by atomic mass is 35.5. The van der Waals surface area contributed by atoms with Gasteiger partial charge in [0.25, 0.3) is 0 Å². The Morgan fingerprint density at radius 2 is 1.75 bits per heavy atom. The number of likely N-dealkylation sites (N-methyl/N-ethyl adjacent to an activating group) is 1. The summed E-state index contributed by atoms with van der Waals surface area (Å²) in [5.74, 6) is -0.332. The molecule has 0 aliphatic rings. The number of carbonyl (C=O) groups excluding carboxylic acids is 2. The van der Waals surface area contributed by atoms with E-state index in [1.54, 1.807) is 38.3 Å². The normalized spacial score (nSPS) is 12.1. The zero-order valence-electron chi connectivity index (χ0n) is 18.1. The van der Waals surface area contributed by atoms with E-state index in [4.69, 9.17) is 27.9 Å². The molecule has 0 heterocycles. The van der Waals surface area contributed by atoms with Crippen LogP contribution in [0.15, 0.2) is 42.5 Å². The zero-order valence-corrected chi connectivity index (χ0v) is 20.5.